The van der Waals surface area contributed by atoms with Crippen LogP contribution in [0.15, 0.2) is 72.9 Å². The number of carboxylic acids is 1. The van der Waals surface area contributed by atoms with E-state index in [0.29, 0.717) is 12.8 Å². The molecule has 0 N–H and O–H groups in total. The zero-order chi connectivity index (χ0) is 40.7. The normalized spacial score (nSPS) is 13.7. The molecule has 0 aliphatic rings. The Morgan fingerprint density at radius 3 is 1.47 bits per heavy atom. The largest absolute Gasteiger partial charge is 0.544 e. The predicted molar refractivity (Wildman–Crippen MR) is 226 cm³/mol. The lowest BCUT2D eigenvalue weighted by Crippen LogP contribution is -2.55. The molecule has 0 rings (SSSR count). The van der Waals surface area contributed by atoms with Gasteiger partial charge in [-0.05, 0) is 51.4 Å². The number of aliphatic carboxylic acids is 1. The number of carboxylic acid groups (broad SMARTS) is 1. The van der Waals surface area contributed by atoms with Crippen LogP contribution in [0.1, 0.15) is 155 Å². The highest BCUT2D eigenvalue weighted by Crippen LogP contribution is 2.14. The van der Waals surface area contributed by atoms with Gasteiger partial charge in [0.25, 0.3) is 0 Å². The second kappa shape index (κ2) is 37.7. The van der Waals surface area contributed by atoms with Crippen LogP contribution >= 0.6 is 0 Å². The molecule has 0 saturated heterocycles. The Hall–Kier alpha value is -3.23. The molecule has 0 bridgehead atoms. The quantitative estimate of drug-likeness (QED) is 0.0268. The third kappa shape index (κ3) is 36.2. The summed E-state index contributed by atoms with van der Waals surface area (Å²) in [5.74, 6) is -1.85. The summed E-state index contributed by atoms with van der Waals surface area (Å²) in [6.07, 6.45) is 46.5. The number of unbranched alkanes of at least 4 members (excludes halogenated alkanes) is 11. The molecule has 0 amide bonds. The number of carbonyl (C=O) groups is 3. The van der Waals surface area contributed by atoms with Gasteiger partial charge in [-0.25, -0.2) is 0 Å². The molecule has 0 saturated carbocycles. The van der Waals surface area contributed by atoms with Gasteiger partial charge in [0.1, 0.15) is 12.6 Å². The van der Waals surface area contributed by atoms with E-state index < -0.39 is 18.1 Å². The maximum absolute atomic E-state index is 12.7. The summed E-state index contributed by atoms with van der Waals surface area (Å²) in [5, 5.41) is 11.6. The summed E-state index contributed by atoms with van der Waals surface area (Å²) in [7, 11) is 5.38. The predicted octanol–water partition coefficient (Wildman–Crippen LogP) is 10.2. The molecule has 8 nitrogen and oxygen atoms in total. The van der Waals surface area contributed by atoms with Crippen molar-refractivity contribution < 1.29 is 38.2 Å². The van der Waals surface area contributed by atoms with E-state index in [1.165, 1.54) is 57.8 Å². The van der Waals surface area contributed by atoms with Crippen molar-refractivity contribution in [1.82, 2.24) is 0 Å². The Morgan fingerprint density at radius 2 is 1.02 bits per heavy atom. The average Bonchev–Trinajstić information content (AvgIpc) is 3.14. The summed E-state index contributed by atoms with van der Waals surface area (Å²) in [6, 6.07) is -0.737. The molecule has 2 atom stereocenters. The molecule has 0 aliphatic carbocycles. The van der Waals surface area contributed by atoms with Gasteiger partial charge in [-0.1, -0.05) is 157 Å². The molecule has 2 unspecified atom stereocenters. The fourth-order valence-corrected chi connectivity index (χ4v) is 5.80. The first-order valence-corrected chi connectivity index (χ1v) is 21.5. The van der Waals surface area contributed by atoms with Crippen molar-refractivity contribution in [2.45, 2.75) is 167 Å². The Balaban J connectivity index is 4.48. The number of likely N-dealkylation sites (N-methyl/N-ethyl adjacent to an activating group) is 1. The van der Waals surface area contributed by atoms with Crippen molar-refractivity contribution in [1.29, 1.82) is 0 Å². The number of hydrogen-bond acceptors (Lipinski definition) is 7. The highest BCUT2D eigenvalue weighted by atomic mass is 16.6. The first kappa shape index (κ1) is 51.8. The SMILES string of the molecule is CC/C=C/C/C=C/C/C=C/C/C=C/C/C=C/C/C=C/CCC(=O)OCC(COCCC(C(=O)[O-])[N+](C)(C)C)OC(=O)CCCCCCCCCCCCCC. The molecule has 0 fully saturated rings. The van der Waals surface area contributed by atoms with Crippen LogP contribution in [0.4, 0.5) is 0 Å². The maximum atomic E-state index is 12.7. The monoisotopic (exact) mass is 770 g/mol. The van der Waals surface area contributed by atoms with Crippen molar-refractivity contribution in [3.63, 3.8) is 0 Å². The summed E-state index contributed by atoms with van der Waals surface area (Å²) in [6.45, 7) is 4.45. The van der Waals surface area contributed by atoms with Crippen molar-refractivity contribution in [3.05, 3.63) is 72.9 Å². The van der Waals surface area contributed by atoms with Gasteiger partial charge >= 0.3 is 11.9 Å². The molecule has 0 aromatic carbocycles. The molecule has 55 heavy (non-hydrogen) atoms. The fourth-order valence-electron chi connectivity index (χ4n) is 5.80. The molecule has 0 spiro atoms. The number of esters is 2. The minimum atomic E-state index is -1.14. The van der Waals surface area contributed by atoms with E-state index in [2.05, 4.69) is 74.6 Å². The third-order valence-electron chi connectivity index (χ3n) is 9.12. The van der Waals surface area contributed by atoms with E-state index in [1.807, 2.05) is 12.2 Å². The van der Waals surface area contributed by atoms with Crippen LogP contribution in [0, 0.1) is 0 Å². The molecule has 0 aromatic heterocycles. The average molecular weight is 770 g/mol. The summed E-state index contributed by atoms with van der Waals surface area (Å²) in [5.41, 5.74) is 0. The second-order valence-corrected chi connectivity index (χ2v) is 15.2. The smallest absolute Gasteiger partial charge is 0.306 e. The van der Waals surface area contributed by atoms with Crippen LogP contribution in [0.2, 0.25) is 0 Å². The van der Waals surface area contributed by atoms with E-state index in [9.17, 15) is 19.5 Å². The molecule has 8 heteroatoms. The standard InChI is InChI=1S/C47H79NO7/c1-6-8-10-12-14-16-18-20-21-22-23-24-25-26-28-29-31-33-35-37-45(49)54-42-43(41-53-40-39-44(47(51)52)48(3,4)5)55-46(50)38-36-34-32-30-27-19-17-15-13-11-9-7-2/h8,10,14,16,20-21,23-24,26,28,31,33,43-44H,6-7,9,11-13,15,17-19,22,25,27,29-30,32,34-42H2,1-5H3/b10-8+,16-14+,21-20+,24-23+,28-26+,33-31+. The first-order valence-electron chi connectivity index (χ1n) is 21.5. The van der Waals surface area contributed by atoms with E-state index in [-0.39, 0.29) is 49.1 Å². The van der Waals surface area contributed by atoms with E-state index in [1.54, 1.807) is 21.1 Å². The maximum Gasteiger partial charge on any atom is 0.306 e. The number of quaternary nitrogens is 1. The molecular formula is C47H79NO7. The topological polar surface area (TPSA) is 102 Å². The molecular weight excluding hydrogens is 691 g/mol. The van der Waals surface area contributed by atoms with E-state index in [4.69, 9.17) is 14.2 Å². The lowest BCUT2D eigenvalue weighted by molar-refractivity contribution is -0.889. The van der Waals surface area contributed by atoms with Crippen molar-refractivity contribution in [2.75, 3.05) is 41.0 Å². The zero-order valence-electron chi connectivity index (χ0n) is 35.6. The zero-order valence-corrected chi connectivity index (χ0v) is 35.6. The van der Waals surface area contributed by atoms with Gasteiger partial charge in [-0.3, -0.25) is 9.59 Å². The molecule has 0 aliphatic heterocycles. The number of ether oxygens (including phenoxy) is 3. The van der Waals surface area contributed by atoms with Crippen LogP contribution in [-0.4, -0.2) is 75.5 Å². The molecule has 0 radical (unpaired) electrons. The van der Waals surface area contributed by atoms with Gasteiger partial charge < -0.3 is 28.6 Å². The summed E-state index contributed by atoms with van der Waals surface area (Å²) >= 11 is 0. The summed E-state index contributed by atoms with van der Waals surface area (Å²) < 4.78 is 17.1. The van der Waals surface area contributed by atoms with Gasteiger partial charge in [0.05, 0.1) is 40.3 Å². The van der Waals surface area contributed by atoms with Crippen LogP contribution in [0.3, 0.4) is 0 Å². The third-order valence-corrected chi connectivity index (χ3v) is 9.12. The van der Waals surface area contributed by atoms with E-state index >= 15 is 0 Å². The van der Waals surface area contributed by atoms with Crippen molar-refractivity contribution in [3.8, 4) is 0 Å². The number of rotatable bonds is 37. The molecule has 0 aromatic rings. The van der Waals surface area contributed by atoms with Gasteiger partial charge in [-0.15, -0.1) is 0 Å². The van der Waals surface area contributed by atoms with Gasteiger partial charge in [0.2, 0.25) is 0 Å². The Kier molecular flexibility index (Phi) is 35.5. The lowest BCUT2D eigenvalue weighted by Gasteiger charge is -2.34. The number of allylic oxidation sites excluding steroid dienone is 12. The highest BCUT2D eigenvalue weighted by Gasteiger charge is 2.25. The fraction of sp³-hybridized carbons (Fsp3) is 0.681. The van der Waals surface area contributed by atoms with Crippen molar-refractivity contribution in [2.24, 2.45) is 0 Å². The molecule has 0 heterocycles. The minimum absolute atomic E-state index is 0.0154. The van der Waals surface area contributed by atoms with Crippen LogP contribution in [0.25, 0.3) is 0 Å². The molecule has 314 valence electrons. The van der Waals surface area contributed by atoms with Crippen LogP contribution in [0.5, 0.6) is 0 Å². The summed E-state index contributed by atoms with van der Waals surface area (Å²) in [4.78, 5) is 36.7. The number of hydrogen-bond donors (Lipinski definition) is 0. The Bertz CT molecular complexity index is 1130. The van der Waals surface area contributed by atoms with Gasteiger partial charge in [0.15, 0.2) is 6.10 Å². The van der Waals surface area contributed by atoms with E-state index in [0.717, 1.165) is 57.8 Å². The lowest BCUT2D eigenvalue weighted by atomic mass is 10.0. The van der Waals surface area contributed by atoms with Gasteiger partial charge in [-0.2, -0.15) is 0 Å². The second-order valence-electron chi connectivity index (χ2n) is 15.2. The van der Waals surface area contributed by atoms with Crippen LogP contribution < -0.4 is 5.11 Å². The highest BCUT2D eigenvalue weighted by molar-refractivity contribution is 5.70. The Morgan fingerprint density at radius 1 is 0.564 bits per heavy atom. The van der Waals surface area contributed by atoms with Crippen LogP contribution in [-0.2, 0) is 28.6 Å². The Labute approximate surface area is 336 Å². The number of nitrogens with zero attached hydrogens (tertiary/aromatic N) is 1. The minimum Gasteiger partial charge on any atom is -0.544 e. The van der Waals surface area contributed by atoms with Gasteiger partial charge in [0, 0.05) is 19.3 Å². The first-order chi connectivity index (χ1) is 26.6. The van der Waals surface area contributed by atoms with Crippen molar-refractivity contribution >= 4 is 17.9 Å². The number of carbonyl (C=O) groups excluding carboxylic acids is 3.